The first kappa shape index (κ1) is 38.3. The molecule has 1 saturated heterocycles. The largest absolute Gasteiger partial charge is 0.462 e. The molecule has 0 aromatic heterocycles. The maximum Gasteiger partial charge on any atom is 0.410 e. The molecule has 4 atom stereocenters. The molecule has 3 N–H and O–H groups in total. The van der Waals surface area contributed by atoms with E-state index in [2.05, 4.69) is 15.4 Å². The van der Waals surface area contributed by atoms with Crippen molar-refractivity contribution in [1.29, 1.82) is 0 Å². The van der Waals surface area contributed by atoms with Gasteiger partial charge in [0.25, 0.3) is 5.91 Å². The van der Waals surface area contributed by atoms with E-state index in [1.165, 1.54) is 9.80 Å². The Morgan fingerprint density at radius 3 is 2.49 bits per heavy atom. The quantitative estimate of drug-likeness (QED) is 0.284. The average molecular weight is 760 g/mol. The summed E-state index contributed by atoms with van der Waals surface area (Å²) in [7, 11) is -3.88. The Morgan fingerprint density at radius 2 is 1.77 bits per heavy atom. The number of cyclic esters (lactones) is 2. The Hall–Kier alpha value is -4.41. The molecule has 17 heteroatoms. The Bertz CT molecular complexity index is 1760. The number of nitrogens with one attached hydrogen (secondary N) is 3. The van der Waals surface area contributed by atoms with E-state index in [-0.39, 0.29) is 57.0 Å². The van der Waals surface area contributed by atoms with Gasteiger partial charge in [-0.3, -0.25) is 24.0 Å². The normalized spacial score (nSPS) is 28.2. The van der Waals surface area contributed by atoms with Gasteiger partial charge in [0.15, 0.2) is 0 Å². The third kappa shape index (κ3) is 8.87. The first-order valence-corrected chi connectivity index (χ1v) is 20.0. The van der Waals surface area contributed by atoms with Crippen LogP contribution in [-0.4, -0.2) is 103 Å². The fourth-order valence-electron chi connectivity index (χ4n) is 7.33. The van der Waals surface area contributed by atoms with Crippen LogP contribution in [0, 0.1) is 11.3 Å². The summed E-state index contributed by atoms with van der Waals surface area (Å²) in [6.07, 6.45) is 2.13. The lowest BCUT2D eigenvalue weighted by molar-refractivity contribution is -0.139. The number of nitrogens with zero attached hydrogens (tertiary/aromatic N) is 2. The number of carbonyl (C=O) groups is 6. The molecular weight excluding hydrogens is 710 g/mol. The number of carbonyl (C=O) groups excluding carboxylic acids is 6. The highest BCUT2D eigenvalue weighted by molar-refractivity contribution is 7.91. The van der Waals surface area contributed by atoms with Crippen molar-refractivity contribution in [2.75, 3.05) is 26.3 Å². The number of ether oxygens (including phenoxy) is 3. The fourth-order valence-corrected chi connectivity index (χ4v) is 8.70. The molecule has 3 heterocycles. The molecule has 1 aromatic carbocycles. The predicted molar refractivity (Wildman–Crippen MR) is 187 cm³/mol. The summed E-state index contributed by atoms with van der Waals surface area (Å²) >= 11 is 0. The molecule has 0 radical (unpaired) electrons. The minimum atomic E-state index is -3.88. The number of amides is 5. The molecule has 16 nitrogen and oxygen atoms in total. The van der Waals surface area contributed by atoms with E-state index < -0.39 is 75.4 Å². The molecule has 5 amide bonds. The highest BCUT2D eigenvalue weighted by atomic mass is 32.2. The van der Waals surface area contributed by atoms with Crippen LogP contribution < -0.4 is 15.4 Å². The minimum absolute atomic E-state index is 0.0861. The number of fused-ring (bicyclic) bond motifs is 4. The number of hydrogen-bond acceptors (Lipinski definition) is 11. The third-order valence-corrected chi connectivity index (χ3v) is 12.7. The third-order valence-electron chi connectivity index (χ3n) is 10.8. The van der Waals surface area contributed by atoms with Crippen molar-refractivity contribution in [1.82, 2.24) is 25.2 Å². The summed E-state index contributed by atoms with van der Waals surface area (Å²) < 4.78 is 44.1. The van der Waals surface area contributed by atoms with Gasteiger partial charge >= 0.3 is 18.2 Å². The maximum atomic E-state index is 13.9. The van der Waals surface area contributed by atoms with Crippen molar-refractivity contribution in [3.8, 4) is 0 Å². The zero-order chi connectivity index (χ0) is 38.1. The van der Waals surface area contributed by atoms with E-state index >= 15 is 0 Å². The first-order valence-electron chi connectivity index (χ1n) is 18.4. The van der Waals surface area contributed by atoms with E-state index in [0.717, 1.165) is 30.4 Å². The van der Waals surface area contributed by atoms with Gasteiger partial charge in [-0.2, -0.15) is 0 Å². The lowest BCUT2D eigenvalue weighted by Gasteiger charge is -2.27. The molecule has 2 saturated carbocycles. The van der Waals surface area contributed by atoms with E-state index in [1.54, 1.807) is 18.2 Å². The van der Waals surface area contributed by atoms with Crippen LogP contribution in [0.2, 0.25) is 0 Å². The Balaban J connectivity index is 1.19. The Morgan fingerprint density at radius 1 is 1.02 bits per heavy atom. The van der Waals surface area contributed by atoms with Gasteiger partial charge in [-0.05, 0) is 66.7 Å². The van der Waals surface area contributed by atoms with Gasteiger partial charge in [0.2, 0.25) is 21.8 Å². The van der Waals surface area contributed by atoms with Gasteiger partial charge in [-0.25, -0.2) is 22.8 Å². The molecule has 3 fully saturated rings. The monoisotopic (exact) mass is 759 g/mol. The number of hydrogen-bond donors (Lipinski definition) is 3. The van der Waals surface area contributed by atoms with E-state index in [1.807, 2.05) is 20.8 Å². The van der Waals surface area contributed by atoms with Crippen LogP contribution in [0.4, 0.5) is 9.59 Å². The second-order valence-electron chi connectivity index (χ2n) is 15.6. The van der Waals surface area contributed by atoms with Gasteiger partial charge in [0.05, 0.1) is 30.6 Å². The summed E-state index contributed by atoms with van der Waals surface area (Å²) in [5.74, 6) is -2.94. The highest BCUT2D eigenvalue weighted by Crippen LogP contribution is 2.47. The fraction of sp³-hybridized carbons (Fsp3) is 0.667. The summed E-state index contributed by atoms with van der Waals surface area (Å²) in [6.45, 7) is 5.81. The Kier molecular flexibility index (Phi) is 10.9. The summed E-state index contributed by atoms with van der Waals surface area (Å²) in [4.78, 5) is 82.4. The van der Waals surface area contributed by atoms with Crippen LogP contribution in [0.3, 0.4) is 0 Å². The number of esters is 1. The molecule has 5 bridgehead atoms. The molecule has 2 aliphatic carbocycles. The molecule has 290 valence electrons. The van der Waals surface area contributed by atoms with Crippen molar-refractivity contribution in [2.24, 2.45) is 11.3 Å². The standard InChI is InChI=1S/C36H49N5O11S/c1-4-25-16-36(25,32(45)39-53(48,49)27-10-11-27)38-30(43)28-15-26-20-41(28)29(42)17-37-33(46)51-21-35(2,3)12-6-5-7-13-50-31(44)22-8-9-23-18-40(34(47)52-26)19-24(23)14-22/h8-9,14,25-28H,4-7,10-13,15-21H2,1-3H3,(H,37,46)(H,38,43)(H,39,45)/t25-,26+,28?,36-/m0/s1. The van der Waals surface area contributed by atoms with Crippen molar-refractivity contribution >= 4 is 45.9 Å². The van der Waals surface area contributed by atoms with Crippen molar-refractivity contribution in [2.45, 2.75) is 115 Å². The lowest BCUT2D eigenvalue weighted by Crippen LogP contribution is -2.57. The minimum Gasteiger partial charge on any atom is -0.462 e. The van der Waals surface area contributed by atoms with Gasteiger partial charge in [0, 0.05) is 19.5 Å². The predicted octanol–water partition coefficient (Wildman–Crippen LogP) is 2.48. The highest BCUT2D eigenvalue weighted by Gasteiger charge is 2.62. The van der Waals surface area contributed by atoms with Gasteiger partial charge in [-0.1, -0.05) is 46.1 Å². The second kappa shape index (κ2) is 15.1. The SMILES string of the molecule is CC[C@H]1C[C@@]1(NC(=O)C1C[C@@H]2CN1C(=O)CNC(=O)OCC(C)(C)CCCCCOC(=O)c1ccc3c(c1)CN(C3)C(=O)O2)C(=O)NS(=O)(=O)C1CC1. The van der Waals surface area contributed by atoms with E-state index in [4.69, 9.17) is 14.2 Å². The van der Waals surface area contributed by atoms with Gasteiger partial charge in [0.1, 0.15) is 24.2 Å². The first-order chi connectivity index (χ1) is 25.1. The second-order valence-corrected chi connectivity index (χ2v) is 17.6. The van der Waals surface area contributed by atoms with Crippen molar-refractivity contribution in [3.63, 3.8) is 0 Å². The summed E-state index contributed by atoms with van der Waals surface area (Å²) in [6, 6.07) is 3.95. The topological polar surface area (TPSA) is 207 Å². The molecule has 1 aromatic rings. The number of sulfonamides is 1. The lowest BCUT2D eigenvalue weighted by atomic mass is 9.88. The summed E-state index contributed by atoms with van der Waals surface area (Å²) in [5.41, 5.74) is 0.152. The molecule has 5 aliphatic rings. The van der Waals surface area contributed by atoms with E-state index in [9.17, 15) is 37.2 Å². The maximum absolute atomic E-state index is 13.9. The zero-order valence-corrected chi connectivity index (χ0v) is 31.3. The van der Waals surface area contributed by atoms with Crippen LogP contribution in [0.1, 0.15) is 100 Å². The zero-order valence-electron chi connectivity index (χ0n) is 30.4. The molecule has 6 rings (SSSR count). The van der Waals surface area contributed by atoms with Crippen LogP contribution in [0.25, 0.3) is 0 Å². The van der Waals surface area contributed by atoms with Crippen LogP contribution in [0.15, 0.2) is 18.2 Å². The van der Waals surface area contributed by atoms with E-state index in [0.29, 0.717) is 31.2 Å². The molecular formula is C36H49N5O11S. The van der Waals surface area contributed by atoms with Gasteiger partial charge < -0.3 is 29.7 Å². The smallest absolute Gasteiger partial charge is 0.410 e. The molecule has 0 spiro atoms. The Labute approximate surface area is 309 Å². The van der Waals surface area contributed by atoms with Crippen LogP contribution in [-0.2, 0) is 51.7 Å². The molecule has 3 aliphatic heterocycles. The number of benzene rings is 1. The van der Waals surface area contributed by atoms with Crippen LogP contribution in [0.5, 0.6) is 0 Å². The van der Waals surface area contributed by atoms with Crippen LogP contribution >= 0.6 is 0 Å². The van der Waals surface area contributed by atoms with Gasteiger partial charge in [-0.15, -0.1) is 0 Å². The molecule has 53 heavy (non-hydrogen) atoms. The summed E-state index contributed by atoms with van der Waals surface area (Å²) in [5, 5.41) is 4.56. The van der Waals surface area contributed by atoms with Crippen molar-refractivity contribution in [3.05, 3.63) is 34.9 Å². The molecule has 1 unspecified atom stereocenters. The number of rotatable bonds is 6. The van der Waals surface area contributed by atoms with Crippen molar-refractivity contribution < 1.29 is 51.4 Å². The number of alkyl carbamates (subject to hydrolysis) is 1. The average Bonchev–Trinajstić information content (AvgIpc) is 4.01.